The maximum atomic E-state index is 12.8. The molecule has 2 aromatic rings. The van der Waals surface area contributed by atoms with E-state index in [9.17, 15) is 14.7 Å². The van der Waals surface area contributed by atoms with Gasteiger partial charge in [0.05, 0.1) is 6.54 Å². The van der Waals surface area contributed by atoms with Crippen molar-refractivity contribution in [3.8, 4) is 0 Å². The molecule has 2 atom stereocenters. The highest BCUT2D eigenvalue weighted by molar-refractivity contribution is 5.82. The summed E-state index contributed by atoms with van der Waals surface area (Å²) in [5.41, 5.74) is 2.29. The molecule has 0 bridgehead atoms. The van der Waals surface area contributed by atoms with Crippen LogP contribution in [0.3, 0.4) is 0 Å². The van der Waals surface area contributed by atoms with Crippen LogP contribution >= 0.6 is 0 Å². The van der Waals surface area contributed by atoms with Crippen LogP contribution in [0.15, 0.2) is 54.6 Å². The fraction of sp³-hybridized carbons (Fsp3) is 0.364. The smallest absolute Gasteiger partial charge is 0.411 e. The summed E-state index contributed by atoms with van der Waals surface area (Å²) in [4.78, 5) is 26.3. The summed E-state index contributed by atoms with van der Waals surface area (Å²) >= 11 is 0. The first kappa shape index (κ1) is 19.0. The highest BCUT2D eigenvalue weighted by Gasteiger charge is 2.43. The van der Waals surface area contributed by atoms with E-state index < -0.39 is 23.7 Å². The van der Waals surface area contributed by atoms with E-state index in [1.165, 1.54) is 4.90 Å². The first-order chi connectivity index (χ1) is 12.8. The van der Waals surface area contributed by atoms with Crippen LogP contribution in [0, 0.1) is 0 Å². The van der Waals surface area contributed by atoms with E-state index in [1.54, 1.807) is 20.8 Å². The number of benzene rings is 2. The molecular formula is C22H25NO4. The topological polar surface area (TPSA) is 66.8 Å². The van der Waals surface area contributed by atoms with E-state index in [0.717, 1.165) is 16.7 Å². The molecule has 0 radical (unpaired) electrons. The maximum absolute atomic E-state index is 12.8. The van der Waals surface area contributed by atoms with Gasteiger partial charge in [-0.05, 0) is 43.9 Å². The van der Waals surface area contributed by atoms with Gasteiger partial charge in [-0.3, -0.25) is 4.90 Å². The Bertz CT molecular complexity index is 826. The van der Waals surface area contributed by atoms with Crippen molar-refractivity contribution in [3.63, 3.8) is 0 Å². The third kappa shape index (κ3) is 4.30. The largest absolute Gasteiger partial charge is 0.480 e. The quantitative estimate of drug-likeness (QED) is 0.882. The number of amides is 1. The molecule has 142 valence electrons. The van der Waals surface area contributed by atoms with Gasteiger partial charge in [0, 0.05) is 5.92 Å². The zero-order valence-corrected chi connectivity index (χ0v) is 15.9. The number of carboxylic acids is 1. The Morgan fingerprint density at radius 1 is 1.07 bits per heavy atom. The molecule has 0 aliphatic carbocycles. The maximum Gasteiger partial charge on any atom is 0.411 e. The van der Waals surface area contributed by atoms with Crippen molar-refractivity contribution in [1.82, 2.24) is 4.90 Å². The number of carbonyl (C=O) groups excluding carboxylic acids is 1. The Morgan fingerprint density at radius 2 is 1.70 bits per heavy atom. The van der Waals surface area contributed by atoms with Gasteiger partial charge in [0.1, 0.15) is 11.6 Å². The van der Waals surface area contributed by atoms with Crippen molar-refractivity contribution in [2.75, 3.05) is 0 Å². The molecular weight excluding hydrogens is 342 g/mol. The Balaban J connectivity index is 2.02. The van der Waals surface area contributed by atoms with Crippen molar-refractivity contribution in [2.24, 2.45) is 0 Å². The lowest BCUT2D eigenvalue weighted by Gasteiger charge is -2.40. The molecule has 0 spiro atoms. The standard InChI is InChI=1S/C22H25NO4/c1-22(2,3)27-21(26)23-14-16-11-7-8-12-17(16)18(19(23)20(24)25)13-15-9-5-4-6-10-15/h4-12,18-19H,13-14H2,1-3H3,(H,24,25)/t18-,19+/m1/s1. The second kappa shape index (κ2) is 7.43. The monoisotopic (exact) mass is 367 g/mol. The summed E-state index contributed by atoms with van der Waals surface area (Å²) in [6.07, 6.45) is -0.0591. The van der Waals surface area contributed by atoms with Gasteiger partial charge in [-0.1, -0.05) is 54.6 Å². The van der Waals surface area contributed by atoms with E-state index in [0.29, 0.717) is 6.42 Å². The van der Waals surface area contributed by atoms with Gasteiger partial charge in [0.15, 0.2) is 0 Å². The lowest BCUT2D eigenvalue weighted by molar-refractivity contribution is -0.144. The molecule has 1 amide bonds. The van der Waals surface area contributed by atoms with Crippen LogP contribution in [0.2, 0.25) is 0 Å². The lowest BCUT2D eigenvalue weighted by Crippen LogP contribution is -2.52. The molecule has 1 aliphatic rings. The van der Waals surface area contributed by atoms with Gasteiger partial charge in [0.25, 0.3) is 0 Å². The molecule has 2 aromatic carbocycles. The Hall–Kier alpha value is -2.82. The van der Waals surface area contributed by atoms with E-state index >= 15 is 0 Å². The van der Waals surface area contributed by atoms with Crippen molar-refractivity contribution in [2.45, 2.75) is 51.3 Å². The molecule has 5 heteroatoms. The summed E-state index contributed by atoms with van der Waals surface area (Å²) < 4.78 is 5.49. The van der Waals surface area contributed by atoms with Crippen LogP contribution in [0.25, 0.3) is 0 Å². The predicted octanol–water partition coefficient (Wildman–Crippen LogP) is 4.22. The van der Waals surface area contributed by atoms with Crippen molar-refractivity contribution in [1.29, 1.82) is 0 Å². The van der Waals surface area contributed by atoms with Crippen LogP contribution in [0.1, 0.15) is 43.4 Å². The zero-order chi connectivity index (χ0) is 19.6. The normalized spacial score (nSPS) is 19.3. The molecule has 0 unspecified atom stereocenters. The lowest BCUT2D eigenvalue weighted by atomic mass is 9.79. The fourth-order valence-corrected chi connectivity index (χ4v) is 3.60. The van der Waals surface area contributed by atoms with Crippen molar-refractivity contribution in [3.05, 3.63) is 71.3 Å². The number of nitrogens with zero attached hydrogens (tertiary/aromatic N) is 1. The van der Waals surface area contributed by atoms with Crippen LogP contribution in [0.5, 0.6) is 0 Å². The molecule has 5 nitrogen and oxygen atoms in total. The average molecular weight is 367 g/mol. The second-order valence-corrected chi connectivity index (χ2v) is 7.89. The number of carboxylic acid groups (broad SMARTS) is 1. The van der Waals surface area contributed by atoms with Gasteiger partial charge in [-0.15, -0.1) is 0 Å². The molecule has 3 rings (SSSR count). The molecule has 1 aliphatic heterocycles. The third-order valence-electron chi connectivity index (χ3n) is 4.69. The van der Waals surface area contributed by atoms with E-state index in [1.807, 2.05) is 54.6 Å². The average Bonchev–Trinajstić information content (AvgIpc) is 2.60. The van der Waals surface area contributed by atoms with Gasteiger partial charge >= 0.3 is 12.1 Å². The van der Waals surface area contributed by atoms with Crippen LogP contribution in [0.4, 0.5) is 4.79 Å². The van der Waals surface area contributed by atoms with E-state index in [4.69, 9.17) is 4.74 Å². The van der Waals surface area contributed by atoms with E-state index in [-0.39, 0.29) is 12.5 Å². The molecule has 27 heavy (non-hydrogen) atoms. The number of carbonyl (C=O) groups is 2. The number of hydrogen-bond acceptors (Lipinski definition) is 3. The summed E-state index contributed by atoms with van der Waals surface area (Å²) in [5.74, 6) is -1.36. The minimum atomic E-state index is -1.02. The number of ether oxygens (including phenoxy) is 1. The van der Waals surface area contributed by atoms with Crippen molar-refractivity contribution < 1.29 is 19.4 Å². The molecule has 1 heterocycles. The fourth-order valence-electron chi connectivity index (χ4n) is 3.60. The molecule has 0 aromatic heterocycles. The SMILES string of the molecule is CC(C)(C)OC(=O)N1Cc2ccccc2[C@@H](Cc2ccccc2)[C@H]1C(=O)O. The Morgan fingerprint density at radius 3 is 2.33 bits per heavy atom. The summed E-state index contributed by atoms with van der Waals surface area (Å²) in [6, 6.07) is 16.5. The molecule has 0 saturated carbocycles. The van der Waals surface area contributed by atoms with Gasteiger partial charge in [-0.2, -0.15) is 0 Å². The number of aliphatic carboxylic acids is 1. The van der Waals surface area contributed by atoms with Crippen LogP contribution in [-0.4, -0.2) is 33.7 Å². The van der Waals surface area contributed by atoms with Crippen LogP contribution in [-0.2, 0) is 22.5 Å². The second-order valence-electron chi connectivity index (χ2n) is 7.89. The minimum Gasteiger partial charge on any atom is -0.480 e. The molecule has 0 saturated heterocycles. The first-order valence-corrected chi connectivity index (χ1v) is 9.10. The third-order valence-corrected chi connectivity index (χ3v) is 4.69. The zero-order valence-electron chi connectivity index (χ0n) is 15.9. The Kier molecular flexibility index (Phi) is 5.22. The van der Waals surface area contributed by atoms with Crippen LogP contribution < -0.4 is 0 Å². The van der Waals surface area contributed by atoms with Crippen molar-refractivity contribution >= 4 is 12.1 Å². The first-order valence-electron chi connectivity index (χ1n) is 9.10. The molecule has 1 N–H and O–H groups in total. The number of fused-ring (bicyclic) bond motifs is 1. The van der Waals surface area contributed by atoms with Gasteiger partial charge < -0.3 is 9.84 Å². The van der Waals surface area contributed by atoms with Gasteiger partial charge in [-0.25, -0.2) is 9.59 Å². The van der Waals surface area contributed by atoms with E-state index in [2.05, 4.69) is 0 Å². The summed E-state index contributed by atoms with van der Waals surface area (Å²) in [5, 5.41) is 9.98. The minimum absolute atomic E-state index is 0.230. The Labute approximate surface area is 159 Å². The highest BCUT2D eigenvalue weighted by Crippen LogP contribution is 2.36. The number of rotatable bonds is 3. The molecule has 0 fully saturated rings. The summed E-state index contributed by atoms with van der Waals surface area (Å²) in [7, 11) is 0. The number of hydrogen-bond donors (Lipinski definition) is 1. The predicted molar refractivity (Wildman–Crippen MR) is 103 cm³/mol. The highest BCUT2D eigenvalue weighted by atomic mass is 16.6. The summed E-state index contributed by atoms with van der Waals surface area (Å²) in [6.45, 7) is 5.56. The van der Waals surface area contributed by atoms with Gasteiger partial charge in [0.2, 0.25) is 0 Å².